The number of thiophene rings is 1. The van der Waals surface area contributed by atoms with Crippen molar-refractivity contribution in [3.05, 3.63) is 56.8 Å². The fourth-order valence-electron chi connectivity index (χ4n) is 2.01. The highest BCUT2D eigenvalue weighted by Gasteiger charge is 2.07. The number of carbonyl (C=O) groups is 1. The molecule has 0 aliphatic heterocycles. The monoisotopic (exact) mass is 286 g/mol. The predicted octanol–water partition coefficient (Wildman–Crippen LogP) is 3.83. The lowest BCUT2D eigenvalue weighted by Gasteiger charge is -2.09. The molecule has 1 aromatic heterocycles. The molecule has 1 amide bonds. The van der Waals surface area contributed by atoms with Crippen LogP contribution in [0, 0.1) is 20.8 Å². The first kappa shape index (κ1) is 14.5. The van der Waals surface area contributed by atoms with Crippen LogP contribution in [0.5, 0.6) is 0 Å². The summed E-state index contributed by atoms with van der Waals surface area (Å²) in [5.41, 5.74) is 8.15. The molecular formula is C16H18N2OS. The van der Waals surface area contributed by atoms with E-state index in [4.69, 9.17) is 0 Å². The third kappa shape index (κ3) is 3.14. The van der Waals surface area contributed by atoms with E-state index in [0.717, 1.165) is 11.3 Å². The standard InChI is InChI=1S/C16H18N2OS/c1-10-8-12(3)14(9-11(10)2)13(4)17-18-16(19)15-6-5-7-20-15/h5-9H,1-4H3,(H,18,19)/b17-13+. The third-order valence-electron chi connectivity index (χ3n) is 3.30. The number of nitrogens with one attached hydrogen (secondary N) is 1. The zero-order valence-corrected chi connectivity index (χ0v) is 13.0. The van der Waals surface area contributed by atoms with E-state index in [9.17, 15) is 4.79 Å². The Morgan fingerprint density at radius 2 is 1.85 bits per heavy atom. The average molecular weight is 286 g/mol. The Balaban J connectivity index is 2.19. The Bertz CT molecular complexity index is 657. The van der Waals surface area contributed by atoms with Gasteiger partial charge in [-0.3, -0.25) is 4.79 Å². The molecule has 0 aliphatic rings. The van der Waals surface area contributed by atoms with E-state index < -0.39 is 0 Å². The van der Waals surface area contributed by atoms with Crippen molar-refractivity contribution < 1.29 is 4.79 Å². The summed E-state index contributed by atoms with van der Waals surface area (Å²) in [4.78, 5) is 12.5. The summed E-state index contributed by atoms with van der Waals surface area (Å²) in [5, 5.41) is 6.08. The molecule has 0 saturated carbocycles. The van der Waals surface area contributed by atoms with Gasteiger partial charge < -0.3 is 0 Å². The lowest BCUT2D eigenvalue weighted by Crippen LogP contribution is -2.18. The number of hydrogen-bond acceptors (Lipinski definition) is 3. The van der Waals surface area contributed by atoms with E-state index in [2.05, 4.69) is 43.4 Å². The van der Waals surface area contributed by atoms with Crippen molar-refractivity contribution in [3.8, 4) is 0 Å². The Labute approximate surface area is 123 Å². The highest BCUT2D eigenvalue weighted by molar-refractivity contribution is 7.12. The van der Waals surface area contributed by atoms with Crippen LogP contribution in [0.4, 0.5) is 0 Å². The first-order valence-electron chi connectivity index (χ1n) is 6.45. The minimum atomic E-state index is -0.166. The predicted molar refractivity (Wildman–Crippen MR) is 84.6 cm³/mol. The van der Waals surface area contributed by atoms with E-state index in [-0.39, 0.29) is 5.91 Å². The number of rotatable bonds is 3. The molecule has 0 fully saturated rings. The van der Waals surface area contributed by atoms with Gasteiger partial charge in [-0.1, -0.05) is 12.1 Å². The molecule has 104 valence electrons. The summed E-state index contributed by atoms with van der Waals surface area (Å²) in [6.45, 7) is 8.14. The minimum absolute atomic E-state index is 0.166. The summed E-state index contributed by atoms with van der Waals surface area (Å²) in [6.07, 6.45) is 0. The van der Waals surface area contributed by atoms with Crippen molar-refractivity contribution in [2.75, 3.05) is 0 Å². The smallest absolute Gasteiger partial charge is 0.266 e. The maximum Gasteiger partial charge on any atom is 0.281 e. The van der Waals surface area contributed by atoms with Crippen molar-refractivity contribution in [2.45, 2.75) is 27.7 Å². The van der Waals surface area contributed by atoms with Gasteiger partial charge in [0.2, 0.25) is 0 Å². The lowest BCUT2D eigenvalue weighted by atomic mass is 9.98. The third-order valence-corrected chi connectivity index (χ3v) is 4.17. The van der Waals surface area contributed by atoms with E-state index in [1.54, 1.807) is 6.07 Å². The zero-order chi connectivity index (χ0) is 14.7. The van der Waals surface area contributed by atoms with Crippen LogP contribution in [-0.2, 0) is 0 Å². The first-order chi connectivity index (χ1) is 9.49. The molecule has 0 spiro atoms. The maximum atomic E-state index is 11.8. The van der Waals surface area contributed by atoms with E-state index >= 15 is 0 Å². The van der Waals surface area contributed by atoms with Gasteiger partial charge in [0, 0.05) is 5.56 Å². The minimum Gasteiger partial charge on any atom is -0.266 e. The molecule has 1 N–H and O–H groups in total. The highest BCUT2D eigenvalue weighted by Crippen LogP contribution is 2.16. The molecule has 0 unspecified atom stereocenters. The normalized spacial score (nSPS) is 11.5. The van der Waals surface area contributed by atoms with Gasteiger partial charge in [0.1, 0.15) is 0 Å². The number of nitrogens with zero attached hydrogens (tertiary/aromatic N) is 1. The molecule has 20 heavy (non-hydrogen) atoms. The van der Waals surface area contributed by atoms with Crippen LogP contribution in [-0.4, -0.2) is 11.6 Å². The van der Waals surface area contributed by atoms with E-state index in [0.29, 0.717) is 4.88 Å². The SMILES string of the molecule is C/C(=N\NC(=O)c1cccs1)c1cc(C)c(C)cc1C. The number of hydrazone groups is 1. The van der Waals surface area contributed by atoms with Gasteiger partial charge in [-0.2, -0.15) is 5.10 Å². The molecule has 2 rings (SSSR count). The van der Waals surface area contributed by atoms with Gasteiger partial charge in [-0.25, -0.2) is 5.43 Å². The van der Waals surface area contributed by atoms with Crippen LogP contribution in [0.2, 0.25) is 0 Å². The molecule has 1 heterocycles. The van der Waals surface area contributed by atoms with Gasteiger partial charge in [0.15, 0.2) is 0 Å². The van der Waals surface area contributed by atoms with Gasteiger partial charge in [-0.05, 0) is 61.9 Å². The Morgan fingerprint density at radius 1 is 1.15 bits per heavy atom. The van der Waals surface area contributed by atoms with Gasteiger partial charge in [-0.15, -0.1) is 11.3 Å². The number of amides is 1. The topological polar surface area (TPSA) is 41.5 Å². The number of hydrogen-bond donors (Lipinski definition) is 1. The number of aryl methyl sites for hydroxylation is 3. The number of benzene rings is 1. The van der Waals surface area contributed by atoms with Crippen LogP contribution in [0.1, 0.15) is 38.8 Å². The van der Waals surface area contributed by atoms with Crippen molar-refractivity contribution >= 4 is 23.0 Å². The fourth-order valence-corrected chi connectivity index (χ4v) is 2.62. The number of carbonyl (C=O) groups excluding carboxylic acids is 1. The second-order valence-electron chi connectivity index (χ2n) is 4.87. The van der Waals surface area contributed by atoms with E-state index in [1.807, 2.05) is 18.4 Å². The maximum absolute atomic E-state index is 11.8. The summed E-state index contributed by atoms with van der Waals surface area (Å²) in [6, 6.07) is 7.89. The summed E-state index contributed by atoms with van der Waals surface area (Å²) < 4.78 is 0. The Morgan fingerprint density at radius 3 is 2.50 bits per heavy atom. The van der Waals surface area contributed by atoms with Crippen molar-refractivity contribution in [1.82, 2.24) is 5.43 Å². The molecule has 2 aromatic rings. The highest BCUT2D eigenvalue weighted by atomic mass is 32.1. The quantitative estimate of drug-likeness (QED) is 0.676. The Hall–Kier alpha value is -1.94. The largest absolute Gasteiger partial charge is 0.281 e. The first-order valence-corrected chi connectivity index (χ1v) is 7.33. The summed E-state index contributed by atoms with van der Waals surface area (Å²) in [5.74, 6) is -0.166. The molecular weight excluding hydrogens is 268 g/mol. The van der Waals surface area contributed by atoms with Crippen LogP contribution >= 0.6 is 11.3 Å². The molecule has 1 aromatic carbocycles. The second-order valence-corrected chi connectivity index (χ2v) is 5.81. The molecule has 0 aliphatic carbocycles. The van der Waals surface area contributed by atoms with Crippen molar-refractivity contribution in [3.63, 3.8) is 0 Å². The molecule has 3 nitrogen and oxygen atoms in total. The Kier molecular flexibility index (Phi) is 4.35. The zero-order valence-electron chi connectivity index (χ0n) is 12.2. The van der Waals surface area contributed by atoms with Gasteiger partial charge >= 0.3 is 0 Å². The van der Waals surface area contributed by atoms with Crippen LogP contribution < -0.4 is 5.43 Å². The molecule has 0 radical (unpaired) electrons. The van der Waals surface area contributed by atoms with Crippen LogP contribution in [0.15, 0.2) is 34.7 Å². The molecule has 0 bridgehead atoms. The average Bonchev–Trinajstić information content (AvgIpc) is 2.94. The van der Waals surface area contributed by atoms with Crippen LogP contribution in [0.25, 0.3) is 0 Å². The fraction of sp³-hybridized carbons (Fsp3) is 0.250. The molecule has 0 atom stereocenters. The van der Waals surface area contributed by atoms with Gasteiger partial charge in [0.25, 0.3) is 5.91 Å². The summed E-state index contributed by atoms with van der Waals surface area (Å²) in [7, 11) is 0. The van der Waals surface area contributed by atoms with E-state index in [1.165, 1.54) is 28.0 Å². The van der Waals surface area contributed by atoms with Gasteiger partial charge in [0.05, 0.1) is 10.6 Å². The van der Waals surface area contributed by atoms with Crippen molar-refractivity contribution in [1.29, 1.82) is 0 Å². The second kappa shape index (κ2) is 6.01. The van der Waals surface area contributed by atoms with Crippen molar-refractivity contribution in [2.24, 2.45) is 5.10 Å². The lowest BCUT2D eigenvalue weighted by molar-refractivity contribution is 0.0959. The summed E-state index contributed by atoms with van der Waals surface area (Å²) >= 11 is 1.40. The molecule has 0 saturated heterocycles. The molecule has 4 heteroatoms. The van der Waals surface area contributed by atoms with Crippen LogP contribution in [0.3, 0.4) is 0 Å².